The van der Waals surface area contributed by atoms with Crippen molar-refractivity contribution in [2.75, 3.05) is 17.7 Å². The molecule has 19 heavy (non-hydrogen) atoms. The molecule has 1 aromatic heterocycles. The molecular weight excluding hydrogens is 284 g/mol. The van der Waals surface area contributed by atoms with Crippen LogP contribution in [0.5, 0.6) is 0 Å². The van der Waals surface area contributed by atoms with Gasteiger partial charge < -0.3 is 5.32 Å². The molecule has 0 bridgehead atoms. The first-order valence-electron chi connectivity index (χ1n) is 5.75. The molecule has 0 spiro atoms. The molecule has 0 aliphatic carbocycles. The summed E-state index contributed by atoms with van der Waals surface area (Å²) >= 11 is 7.28. The molecular formula is C12H13ClN4OS. The topological polar surface area (TPSA) is 66.9 Å². The van der Waals surface area contributed by atoms with E-state index in [1.807, 2.05) is 6.92 Å². The highest BCUT2D eigenvalue weighted by atomic mass is 35.5. The summed E-state index contributed by atoms with van der Waals surface area (Å²) in [6.07, 6.45) is 0.798. The van der Waals surface area contributed by atoms with E-state index < -0.39 is 0 Å². The molecule has 1 amide bonds. The normalized spacial score (nSPS) is 10.3. The summed E-state index contributed by atoms with van der Waals surface area (Å²) < 4.78 is 0. The van der Waals surface area contributed by atoms with E-state index in [0.717, 1.165) is 11.4 Å². The molecule has 0 radical (unpaired) electrons. The first-order valence-corrected chi connectivity index (χ1v) is 6.94. The minimum absolute atomic E-state index is 0.259. The Labute approximate surface area is 120 Å². The number of hydrogen-bond acceptors (Lipinski definition) is 5. The second-order valence-electron chi connectivity index (χ2n) is 3.75. The standard InChI is InChI=1S/C12H13ClN4OS/c1-3-10-16-17-12(19-10)15-11(18)8-6-7(13)4-5-9(8)14-2/h4-6,14H,3H2,1-2H3,(H,15,17,18). The molecule has 1 heterocycles. The quantitative estimate of drug-likeness (QED) is 0.910. The number of benzene rings is 1. The monoisotopic (exact) mass is 296 g/mol. The van der Waals surface area contributed by atoms with Gasteiger partial charge in [0.05, 0.1) is 5.56 Å². The number of nitrogens with one attached hydrogen (secondary N) is 2. The SMILES string of the molecule is CCc1nnc(NC(=O)c2cc(Cl)ccc2NC)s1. The van der Waals surface area contributed by atoms with Crippen molar-refractivity contribution < 1.29 is 4.79 Å². The average Bonchev–Trinajstić information content (AvgIpc) is 2.86. The molecule has 5 nitrogen and oxygen atoms in total. The predicted molar refractivity (Wildman–Crippen MR) is 78.2 cm³/mol. The van der Waals surface area contributed by atoms with Gasteiger partial charge in [-0.25, -0.2) is 0 Å². The predicted octanol–water partition coefficient (Wildman–Crippen LogP) is 3.05. The molecule has 0 fully saturated rings. The zero-order chi connectivity index (χ0) is 13.8. The lowest BCUT2D eigenvalue weighted by molar-refractivity contribution is 0.102. The van der Waals surface area contributed by atoms with Gasteiger partial charge in [0.25, 0.3) is 5.91 Å². The van der Waals surface area contributed by atoms with Gasteiger partial charge in [-0.2, -0.15) is 0 Å². The first-order chi connectivity index (χ1) is 9.13. The van der Waals surface area contributed by atoms with E-state index in [1.165, 1.54) is 11.3 Å². The molecule has 0 aliphatic heterocycles. The number of hydrogen-bond donors (Lipinski definition) is 2. The number of carbonyl (C=O) groups is 1. The van der Waals surface area contributed by atoms with Gasteiger partial charge in [-0.15, -0.1) is 10.2 Å². The Bertz CT molecular complexity index is 599. The fraction of sp³-hybridized carbons (Fsp3) is 0.250. The summed E-state index contributed by atoms with van der Waals surface area (Å²) in [5.41, 5.74) is 1.19. The number of aromatic nitrogens is 2. The van der Waals surface area contributed by atoms with Crippen LogP contribution in [0.3, 0.4) is 0 Å². The molecule has 2 aromatic rings. The van der Waals surface area contributed by atoms with Gasteiger partial charge in [0.2, 0.25) is 5.13 Å². The lowest BCUT2D eigenvalue weighted by Gasteiger charge is -2.08. The van der Waals surface area contributed by atoms with Crippen molar-refractivity contribution >= 4 is 39.7 Å². The maximum absolute atomic E-state index is 12.2. The summed E-state index contributed by atoms with van der Waals surface area (Å²) in [6, 6.07) is 5.10. The Kier molecular flexibility index (Phi) is 4.34. The number of amides is 1. The number of aryl methyl sites for hydroxylation is 1. The average molecular weight is 297 g/mol. The van der Waals surface area contributed by atoms with Crippen molar-refractivity contribution in [2.24, 2.45) is 0 Å². The van der Waals surface area contributed by atoms with Crippen LogP contribution < -0.4 is 10.6 Å². The van der Waals surface area contributed by atoms with Gasteiger partial charge in [0.1, 0.15) is 5.01 Å². The van der Waals surface area contributed by atoms with E-state index in [-0.39, 0.29) is 5.91 Å². The number of halogens is 1. The van der Waals surface area contributed by atoms with Crippen LogP contribution in [0.1, 0.15) is 22.3 Å². The van der Waals surface area contributed by atoms with Gasteiger partial charge in [-0.3, -0.25) is 10.1 Å². The van der Waals surface area contributed by atoms with Crippen LogP contribution in [-0.4, -0.2) is 23.2 Å². The maximum atomic E-state index is 12.2. The Morgan fingerprint density at radius 1 is 1.42 bits per heavy atom. The van der Waals surface area contributed by atoms with E-state index in [2.05, 4.69) is 20.8 Å². The van der Waals surface area contributed by atoms with Crippen LogP contribution in [-0.2, 0) is 6.42 Å². The Hall–Kier alpha value is -1.66. The van der Waals surface area contributed by atoms with Crippen LogP contribution in [0.2, 0.25) is 5.02 Å². The van der Waals surface area contributed by atoms with Crippen molar-refractivity contribution in [3.05, 3.63) is 33.8 Å². The van der Waals surface area contributed by atoms with Crippen LogP contribution in [0.15, 0.2) is 18.2 Å². The van der Waals surface area contributed by atoms with Crippen molar-refractivity contribution in [3.8, 4) is 0 Å². The maximum Gasteiger partial charge on any atom is 0.259 e. The third-order valence-electron chi connectivity index (χ3n) is 2.49. The summed E-state index contributed by atoms with van der Waals surface area (Å²) in [6.45, 7) is 1.99. The van der Waals surface area contributed by atoms with E-state index in [0.29, 0.717) is 21.4 Å². The molecule has 0 unspecified atom stereocenters. The van der Waals surface area contributed by atoms with Gasteiger partial charge in [0.15, 0.2) is 0 Å². The molecule has 1 aromatic carbocycles. The summed E-state index contributed by atoms with van der Waals surface area (Å²) in [7, 11) is 1.75. The third kappa shape index (κ3) is 3.21. The van der Waals surface area contributed by atoms with Crippen LogP contribution in [0.4, 0.5) is 10.8 Å². The number of anilines is 2. The van der Waals surface area contributed by atoms with Gasteiger partial charge in [-0.05, 0) is 24.6 Å². The van der Waals surface area contributed by atoms with Crippen molar-refractivity contribution in [3.63, 3.8) is 0 Å². The molecule has 2 N–H and O–H groups in total. The summed E-state index contributed by atoms with van der Waals surface area (Å²) in [4.78, 5) is 12.2. The van der Waals surface area contributed by atoms with Crippen LogP contribution in [0.25, 0.3) is 0 Å². The summed E-state index contributed by atoms with van der Waals surface area (Å²) in [5, 5.41) is 15.4. The molecule has 0 aliphatic rings. The smallest absolute Gasteiger partial charge is 0.259 e. The lowest BCUT2D eigenvalue weighted by atomic mass is 10.1. The number of rotatable bonds is 4. The van der Waals surface area contributed by atoms with Gasteiger partial charge in [0, 0.05) is 17.8 Å². The first kappa shape index (κ1) is 13.8. The zero-order valence-corrected chi connectivity index (χ0v) is 12.1. The second-order valence-corrected chi connectivity index (χ2v) is 5.25. The second kappa shape index (κ2) is 5.99. The fourth-order valence-corrected chi connectivity index (χ4v) is 2.38. The Morgan fingerprint density at radius 3 is 2.84 bits per heavy atom. The third-order valence-corrected chi connectivity index (χ3v) is 3.70. The van der Waals surface area contributed by atoms with Crippen LogP contribution in [0, 0.1) is 0 Å². The molecule has 2 rings (SSSR count). The van der Waals surface area contributed by atoms with Crippen LogP contribution >= 0.6 is 22.9 Å². The highest BCUT2D eigenvalue weighted by molar-refractivity contribution is 7.15. The minimum atomic E-state index is -0.259. The van der Waals surface area contributed by atoms with E-state index >= 15 is 0 Å². The minimum Gasteiger partial charge on any atom is -0.387 e. The Morgan fingerprint density at radius 2 is 2.21 bits per heavy atom. The molecule has 0 atom stereocenters. The molecule has 0 saturated carbocycles. The molecule has 0 saturated heterocycles. The van der Waals surface area contributed by atoms with Crippen molar-refractivity contribution in [1.29, 1.82) is 0 Å². The molecule has 7 heteroatoms. The Balaban J connectivity index is 2.21. The largest absolute Gasteiger partial charge is 0.387 e. The van der Waals surface area contributed by atoms with Gasteiger partial charge >= 0.3 is 0 Å². The zero-order valence-electron chi connectivity index (χ0n) is 10.5. The highest BCUT2D eigenvalue weighted by Gasteiger charge is 2.13. The number of carbonyl (C=O) groups excluding carboxylic acids is 1. The van der Waals surface area contributed by atoms with Gasteiger partial charge in [-0.1, -0.05) is 29.9 Å². The van der Waals surface area contributed by atoms with E-state index in [1.54, 1.807) is 25.2 Å². The summed E-state index contributed by atoms with van der Waals surface area (Å²) in [5.74, 6) is -0.259. The van der Waals surface area contributed by atoms with E-state index in [9.17, 15) is 4.79 Å². The van der Waals surface area contributed by atoms with E-state index in [4.69, 9.17) is 11.6 Å². The fourth-order valence-electron chi connectivity index (χ4n) is 1.53. The van der Waals surface area contributed by atoms with Crippen molar-refractivity contribution in [2.45, 2.75) is 13.3 Å². The number of nitrogens with zero attached hydrogens (tertiary/aromatic N) is 2. The molecule has 100 valence electrons. The van der Waals surface area contributed by atoms with Crippen molar-refractivity contribution in [1.82, 2.24) is 10.2 Å². The highest BCUT2D eigenvalue weighted by Crippen LogP contribution is 2.22. The lowest BCUT2D eigenvalue weighted by Crippen LogP contribution is -2.13.